The third-order valence-electron chi connectivity index (χ3n) is 4.45. The van der Waals surface area contributed by atoms with Gasteiger partial charge in [-0.15, -0.1) is 0 Å². The van der Waals surface area contributed by atoms with E-state index in [-0.39, 0.29) is 29.8 Å². The van der Waals surface area contributed by atoms with Crippen LogP contribution < -0.4 is 0 Å². The molecule has 3 rings (SSSR count). The number of carbonyl (C=O) groups excluding carboxylic acids is 1. The molecule has 0 bridgehead atoms. The Morgan fingerprint density at radius 3 is 2.65 bits per heavy atom. The zero-order chi connectivity index (χ0) is 19.1. The summed E-state index contributed by atoms with van der Waals surface area (Å²) in [6.45, 7) is 0.439. The van der Waals surface area contributed by atoms with Crippen LogP contribution in [0.1, 0.15) is 42.3 Å². The van der Waals surface area contributed by atoms with Crippen LogP contribution in [0.4, 0.5) is 13.2 Å². The molecule has 0 radical (unpaired) electrons. The third-order valence-corrected chi connectivity index (χ3v) is 4.82. The van der Waals surface area contributed by atoms with Gasteiger partial charge in [0.15, 0.2) is 5.69 Å². The van der Waals surface area contributed by atoms with Gasteiger partial charge in [0.1, 0.15) is 0 Å². The summed E-state index contributed by atoms with van der Waals surface area (Å²) in [5, 5.41) is 7.34. The highest BCUT2D eigenvalue weighted by Crippen LogP contribution is 2.46. The molecule has 142 valence electrons. The van der Waals surface area contributed by atoms with E-state index in [2.05, 4.69) is 10.2 Å². The molecular formula is C16H19ClF3N5O. The van der Waals surface area contributed by atoms with Crippen molar-refractivity contribution in [3.8, 4) is 0 Å². The number of carbonyl (C=O) groups is 1. The van der Waals surface area contributed by atoms with Crippen LogP contribution >= 0.6 is 11.6 Å². The maximum Gasteiger partial charge on any atom is 0.436 e. The molecule has 0 aliphatic heterocycles. The summed E-state index contributed by atoms with van der Waals surface area (Å²) < 4.78 is 42.1. The quantitative estimate of drug-likeness (QED) is 0.762. The van der Waals surface area contributed by atoms with E-state index in [0.717, 1.165) is 18.5 Å². The lowest BCUT2D eigenvalue weighted by molar-refractivity contribution is -0.141. The Bertz CT molecular complexity index is 809. The minimum atomic E-state index is -4.60. The first-order valence-corrected chi connectivity index (χ1v) is 8.60. The second-order valence-electron chi connectivity index (χ2n) is 6.49. The van der Waals surface area contributed by atoms with E-state index in [1.165, 1.54) is 9.58 Å². The van der Waals surface area contributed by atoms with Gasteiger partial charge in [0.05, 0.1) is 29.5 Å². The summed E-state index contributed by atoms with van der Waals surface area (Å²) in [6, 6.07) is 1.80. The van der Waals surface area contributed by atoms with E-state index in [4.69, 9.17) is 11.6 Å². The predicted molar refractivity (Wildman–Crippen MR) is 88.5 cm³/mol. The van der Waals surface area contributed by atoms with Gasteiger partial charge in [-0.05, 0) is 18.9 Å². The topological polar surface area (TPSA) is 56.0 Å². The minimum Gasteiger partial charge on any atom is -0.340 e. The smallest absolute Gasteiger partial charge is 0.340 e. The van der Waals surface area contributed by atoms with Crippen LogP contribution in [0.2, 0.25) is 5.02 Å². The van der Waals surface area contributed by atoms with Crippen molar-refractivity contribution >= 4 is 17.5 Å². The average molecular weight is 390 g/mol. The largest absolute Gasteiger partial charge is 0.436 e. The molecule has 0 aromatic carbocycles. The lowest BCUT2D eigenvalue weighted by Gasteiger charge is -2.17. The Labute approximate surface area is 153 Å². The molecule has 0 saturated heterocycles. The van der Waals surface area contributed by atoms with Crippen molar-refractivity contribution in [1.29, 1.82) is 0 Å². The maximum atomic E-state index is 13.1. The fraction of sp³-hybridized carbons (Fsp3) is 0.562. The summed E-state index contributed by atoms with van der Waals surface area (Å²) in [7, 11) is 3.42. The van der Waals surface area contributed by atoms with Crippen LogP contribution in [0.3, 0.4) is 0 Å². The van der Waals surface area contributed by atoms with Gasteiger partial charge in [0.2, 0.25) is 5.91 Å². The SMILES string of the molecule is CN(Cc1ccnn1C)C(=O)CCn1nc(C(F)(F)F)c(Cl)c1C1CC1. The number of aromatic nitrogens is 4. The summed E-state index contributed by atoms with van der Waals surface area (Å²) in [4.78, 5) is 13.9. The first-order chi connectivity index (χ1) is 12.2. The monoisotopic (exact) mass is 389 g/mol. The standard InChI is InChI=1S/C16H19ClF3N5O/c1-23(9-11-5-7-21-24(11)2)12(26)6-8-25-14(10-3-4-10)13(17)15(22-25)16(18,19)20/h5,7,10H,3-4,6,8-9H2,1-2H3. The molecule has 1 fully saturated rings. The molecule has 1 saturated carbocycles. The number of hydrogen-bond donors (Lipinski definition) is 0. The summed E-state index contributed by atoms with van der Waals surface area (Å²) in [5.41, 5.74) is 0.179. The van der Waals surface area contributed by atoms with E-state index < -0.39 is 11.9 Å². The van der Waals surface area contributed by atoms with E-state index in [1.54, 1.807) is 31.0 Å². The van der Waals surface area contributed by atoms with Gasteiger partial charge in [0, 0.05) is 32.6 Å². The van der Waals surface area contributed by atoms with E-state index in [9.17, 15) is 18.0 Å². The van der Waals surface area contributed by atoms with E-state index in [1.807, 2.05) is 0 Å². The Hall–Kier alpha value is -2.03. The van der Waals surface area contributed by atoms with Gasteiger partial charge in [-0.2, -0.15) is 23.4 Å². The normalized spacial score (nSPS) is 14.7. The molecule has 0 unspecified atom stereocenters. The number of halogens is 4. The molecule has 1 amide bonds. The van der Waals surface area contributed by atoms with E-state index >= 15 is 0 Å². The molecule has 26 heavy (non-hydrogen) atoms. The average Bonchev–Trinajstić information content (AvgIpc) is 3.22. The number of rotatable bonds is 6. The molecular weight excluding hydrogens is 371 g/mol. The summed E-state index contributed by atoms with van der Waals surface area (Å²) in [5.74, 6) is -0.193. The molecule has 1 aliphatic rings. The third kappa shape index (κ3) is 3.87. The zero-order valence-corrected chi connectivity index (χ0v) is 15.2. The van der Waals surface area contributed by atoms with Crippen molar-refractivity contribution in [2.24, 2.45) is 7.05 Å². The molecule has 2 aromatic rings. The number of hydrogen-bond acceptors (Lipinski definition) is 3. The second kappa shape index (κ2) is 6.94. The highest BCUT2D eigenvalue weighted by molar-refractivity contribution is 6.32. The number of amides is 1. The predicted octanol–water partition coefficient (Wildman–Crippen LogP) is 3.21. The fourth-order valence-corrected chi connectivity index (χ4v) is 3.23. The highest BCUT2D eigenvalue weighted by Gasteiger charge is 2.42. The Morgan fingerprint density at radius 2 is 2.12 bits per heavy atom. The first kappa shape index (κ1) is 18.8. The molecule has 2 heterocycles. The van der Waals surface area contributed by atoms with Gasteiger partial charge in [0.25, 0.3) is 0 Å². The highest BCUT2D eigenvalue weighted by atomic mass is 35.5. The Balaban J connectivity index is 1.69. The van der Waals surface area contributed by atoms with Crippen molar-refractivity contribution in [3.05, 3.63) is 34.4 Å². The molecule has 1 aliphatic carbocycles. The number of alkyl halides is 3. The lowest BCUT2D eigenvalue weighted by atomic mass is 10.2. The Kier molecular flexibility index (Phi) is 5.01. The molecule has 10 heteroatoms. The van der Waals surface area contributed by atoms with Crippen molar-refractivity contribution in [3.63, 3.8) is 0 Å². The molecule has 2 aromatic heterocycles. The number of nitrogens with zero attached hydrogens (tertiary/aromatic N) is 5. The van der Waals surface area contributed by atoms with Crippen LogP contribution in [0.15, 0.2) is 12.3 Å². The van der Waals surface area contributed by atoms with Crippen molar-refractivity contribution in [1.82, 2.24) is 24.5 Å². The van der Waals surface area contributed by atoms with Crippen molar-refractivity contribution < 1.29 is 18.0 Å². The van der Waals surface area contributed by atoms with Crippen LogP contribution in [0.25, 0.3) is 0 Å². The molecule has 0 atom stereocenters. The van der Waals surface area contributed by atoms with Crippen molar-refractivity contribution in [2.45, 2.75) is 44.4 Å². The molecule has 0 spiro atoms. The van der Waals surface area contributed by atoms with Crippen molar-refractivity contribution in [2.75, 3.05) is 7.05 Å². The van der Waals surface area contributed by atoms with E-state index in [0.29, 0.717) is 12.2 Å². The molecule has 6 nitrogen and oxygen atoms in total. The summed E-state index contributed by atoms with van der Waals surface area (Å²) in [6.07, 6.45) is -1.34. The van der Waals surface area contributed by atoms with Gasteiger partial charge in [-0.1, -0.05) is 11.6 Å². The minimum absolute atomic E-state index is 0.00613. The van der Waals surface area contributed by atoms with Crippen LogP contribution in [-0.2, 0) is 31.1 Å². The van der Waals surface area contributed by atoms with Crippen LogP contribution in [0.5, 0.6) is 0 Å². The summed E-state index contributed by atoms with van der Waals surface area (Å²) >= 11 is 5.93. The lowest BCUT2D eigenvalue weighted by Crippen LogP contribution is -2.28. The fourth-order valence-electron chi connectivity index (χ4n) is 2.83. The van der Waals surface area contributed by atoms with Gasteiger partial charge >= 0.3 is 6.18 Å². The number of aryl methyl sites for hydroxylation is 2. The first-order valence-electron chi connectivity index (χ1n) is 8.22. The van der Waals surface area contributed by atoms with Gasteiger partial charge in [-0.25, -0.2) is 0 Å². The zero-order valence-electron chi connectivity index (χ0n) is 14.4. The molecule has 0 N–H and O–H groups in total. The maximum absolute atomic E-state index is 13.1. The van der Waals surface area contributed by atoms with Crippen LogP contribution in [0, 0.1) is 0 Å². The van der Waals surface area contributed by atoms with Crippen LogP contribution in [-0.4, -0.2) is 37.4 Å². The second-order valence-corrected chi connectivity index (χ2v) is 6.87. The van der Waals surface area contributed by atoms with Gasteiger partial charge < -0.3 is 4.90 Å². The van der Waals surface area contributed by atoms with Gasteiger partial charge in [-0.3, -0.25) is 14.2 Å². The Morgan fingerprint density at radius 1 is 1.42 bits per heavy atom.